The van der Waals surface area contributed by atoms with Gasteiger partial charge in [0.2, 0.25) is 5.71 Å². The van der Waals surface area contributed by atoms with Crippen LogP contribution in [0.1, 0.15) is 6.92 Å². The third-order valence-electron chi connectivity index (χ3n) is 0.646. The molecule has 5 heteroatoms. The first kappa shape index (κ1) is 8.43. The number of nitriles is 1. The summed E-state index contributed by atoms with van der Waals surface area (Å²) >= 11 is 0. The standard InChI is InChI=1S/C5H8N4O/c1-2-10-9-4(3-6)5(7)8/h2H2,1H3,(H3,7,8). The van der Waals surface area contributed by atoms with Crippen molar-refractivity contribution in [3.05, 3.63) is 0 Å². The number of amidine groups is 1. The van der Waals surface area contributed by atoms with E-state index in [2.05, 4.69) is 9.99 Å². The number of hydrogen-bond acceptors (Lipinski definition) is 4. The Labute approximate surface area is 58.6 Å². The number of rotatable bonds is 3. The summed E-state index contributed by atoms with van der Waals surface area (Å²) in [5, 5.41) is 18.3. The van der Waals surface area contributed by atoms with Crippen LogP contribution < -0.4 is 5.73 Å². The van der Waals surface area contributed by atoms with Gasteiger partial charge in [-0.3, -0.25) is 5.41 Å². The maximum atomic E-state index is 8.24. The molecule has 0 radical (unpaired) electrons. The lowest BCUT2D eigenvalue weighted by Crippen LogP contribution is -2.21. The van der Waals surface area contributed by atoms with Gasteiger partial charge in [0.1, 0.15) is 12.7 Å². The van der Waals surface area contributed by atoms with Crippen molar-refractivity contribution in [2.75, 3.05) is 6.61 Å². The second-order valence-electron chi connectivity index (χ2n) is 1.38. The SMILES string of the molecule is CCON=C(C#N)C(=N)N. The minimum atomic E-state index is -0.379. The van der Waals surface area contributed by atoms with E-state index in [9.17, 15) is 0 Å². The number of oxime groups is 1. The quantitative estimate of drug-likeness (QED) is 0.324. The lowest BCUT2D eigenvalue weighted by atomic mass is 10.4. The molecule has 0 aromatic heterocycles. The van der Waals surface area contributed by atoms with Crippen molar-refractivity contribution in [1.29, 1.82) is 10.7 Å². The minimum Gasteiger partial charge on any atom is -0.395 e. The van der Waals surface area contributed by atoms with Crippen LogP contribution in [0.4, 0.5) is 0 Å². The third kappa shape index (κ3) is 2.67. The van der Waals surface area contributed by atoms with Crippen LogP contribution in [0.3, 0.4) is 0 Å². The number of hydrogen-bond donors (Lipinski definition) is 2. The molecule has 0 aliphatic heterocycles. The first-order valence-electron chi connectivity index (χ1n) is 2.66. The normalized spacial score (nSPS) is 10.2. The average Bonchev–Trinajstić information content (AvgIpc) is 1.89. The summed E-state index contributed by atoms with van der Waals surface area (Å²) in [6.07, 6.45) is 0. The Kier molecular flexibility index (Phi) is 3.64. The molecule has 0 amide bonds. The maximum absolute atomic E-state index is 8.24. The van der Waals surface area contributed by atoms with Crippen molar-refractivity contribution < 1.29 is 4.84 Å². The van der Waals surface area contributed by atoms with Gasteiger partial charge in [0.25, 0.3) is 0 Å². The fraction of sp³-hybridized carbons (Fsp3) is 0.400. The molecule has 0 rings (SSSR count). The second kappa shape index (κ2) is 4.32. The highest BCUT2D eigenvalue weighted by Crippen LogP contribution is 1.78. The van der Waals surface area contributed by atoms with Gasteiger partial charge >= 0.3 is 0 Å². The molecule has 0 aliphatic carbocycles. The Balaban J connectivity index is 4.09. The number of nitrogens with zero attached hydrogens (tertiary/aromatic N) is 2. The second-order valence-corrected chi connectivity index (χ2v) is 1.38. The van der Waals surface area contributed by atoms with Crippen molar-refractivity contribution in [2.45, 2.75) is 6.92 Å². The minimum absolute atomic E-state index is 0.193. The molecule has 0 fully saturated rings. The number of nitrogens with one attached hydrogen (secondary N) is 1. The predicted octanol–water partition coefficient (Wildman–Crippen LogP) is -0.162. The summed E-state index contributed by atoms with van der Waals surface area (Å²) in [6.45, 7) is 2.08. The van der Waals surface area contributed by atoms with Gasteiger partial charge in [-0.2, -0.15) is 5.26 Å². The molecule has 0 aromatic carbocycles. The Hall–Kier alpha value is -1.57. The van der Waals surface area contributed by atoms with Gasteiger partial charge in [-0.1, -0.05) is 5.16 Å². The van der Waals surface area contributed by atoms with E-state index >= 15 is 0 Å². The Morgan fingerprint density at radius 2 is 2.50 bits per heavy atom. The highest BCUT2D eigenvalue weighted by atomic mass is 16.6. The Morgan fingerprint density at radius 3 is 2.80 bits per heavy atom. The molecule has 0 aromatic rings. The van der Waals surface area contributed by atoms with E-state index in [1.165, 1.54) is 0 Å². The van der Waals surface area contributed by atoms with Crippen LogP contribution in [0.2, 0.25) is 0 Å². The Bertz CT molecular complexity index is 190. The van der Waals surface area contributed by atoms with E-state index in [1.54, 1.807) is 13.0 Å². The van der Waals surface area contributed by atoms with Crippen LogP contribution in [0, 0.1) is 16.7 Å². The van der Waals surface area contributed by atoms with E-state index in [-0.39, 0.29) is 11.5 Å². The molecule has 10 heavy (non-hydrogen) atoms. The van der Waals surface area contributed by atoms with Crippen LogP contribution in [0.15, 0.2) is 5.16 Å². The van der Waals surface area contributed by atoms with Crippen molar-refractivity contribution in [3.8, 4) is 6.07 Å². The third-order valence-corrected chi connectivity index (χ3v) is 0.646. The first-order valence-corrected chi connectivity index (χ1v) is 2.66. The Morgan fingerprint density at radius 1 is 1.90 bits per heavy atom. The summed E-state index contributed by atoms with van der Waals surface area (Å²) in [7, 11) is 0. The fourth-order valence-corrected chi connectivity index (χ4v) is 0.259. The average molecular weight is 140 g/mol. The lowest BCUT2D eigenvalue weighted by Gasteiger charge is -1.92. The van der Waals surface area contributed by atoms with Gasteiger partial charge in [-0.05, 0) is 6.92 Å². The smallest absolute Gasteiger partial charge is 0.220 e. The van der Waals surface area contributed by atoms with E-state index in [1.807, 2.05) is 0 Å². The van der Waals surface area contributed by atoms with Gasteiger partial charge < -0.3 is 10.6 Å². The van der Waals surface area contributed by atoms with Gasteiger partial charge in [0.15, 0.2) is 5.84 Å². The zero-order chi connectivity index (χ0) is 7.98. The molecule has 0 unspecified atom stereocenters. The zero-order valence-electron chi connectivity index (χ0n) is 5.59. The van der Waals surface area contributed by atoms with Gasteiger partial charge in [-0.25, -0.2) is 0 Å². The zero-order valence-corrected chi connectivity index (χ0v) is 5.59. The van der Waals surface area contributed by atoms with Gasteiger partial charge in [0.05, 0.1) is 0 Å². The van der Waals surface area contributed by atoms with Crippen molar-refractivity contribution in [3.63, 3.8) is 0 Å². The molecule has 54 valence electrons. The first-order chi connectivity index (χ1) is 4.72. The molecule has 3 N–H and O–H groups in total. The summed E-state index contributed by atoms with van der Waals surface area (Å²) in [6, 6.07) is 1.61. The summed E-state index contributed by atoms with van der Waals surface area (Å²) < 4.78 is 0. The summed E-state index contributed by atoms with van der Waals surface area (Å²) in [4.78, 5) is 4.49. The van der Waals surface area contributed by atoms with Gasteiger partial charge in [-0.15, -0.1) is 0 Å². The van der Waals surface area contributed by atoms with Crippen LogP contribution >= 0.6 is 0 Å². The van der Waals surface area contributed by atoms with E-state index in [0.717, 1.165) is 0 Å². The maximum Gasteiger partial charge on any atom is 0.220 e. The largest absolute Gasteiger partial charge is 0.395 e. The van der Waals surface area contributed by atoms with Crippen molar-refractivity contribution in [2.24, 2.45) is 10.9 Å². The monoisotopic (exact) mass is 140 g/mol. The summed E-state index contributed by atoms with van der Waals surface area (Å²) in [5.41, 5.74) is 4.75. The number of nitrogens with two attached hydrogens (primary N) is 1. The van der Waals surface area contributed by atoms with Crippen molar-refractivity contribution >= 4 is 11.5 Å². The van der Waals surface area contributed by atoms with Crippen LogP contribution in [-0.4, -0.2) is 18.2 Å². The van der Waals surface area contributed by atoms with Crippen LogP contribution in [0.5, 0.6) is 0 Å². The molecule has 0 aliphatic rings. The molecule has 0 spiro atoms. The molecule has 5 nitrogen and oxygen atoms in total. The van der Waals surface area contributed by atoms with E-state index in [0.29, 0.717) is 6.61 Å². The highest BCUT2D eigenvalue weighted by Gasteiger charge is 1.99. The molecule has 0 saturated carbocycles. The van der Waals surface area contributed by atoms with Crippen molar-refractivity contribution in [1.82, 2.24) is 0 Å². The molecule has 0 bridgehead atoms. The lowest BCUT2D eigenvalue weighted by molar-refractivity contribution is 0.160. The molecule has 0 atom stereocenters. The van der Waals surface area contributed by atoms with Crippen LogP contribution in [0.25, 0.3) is 0 Å². The topological polar surface area (TPSA) is 95.2 Å². The fourth-order valence-electron chi connectivity index (χ4n) is 0.259. The van der Waals surface area contributed by atoms with Crippen LogP contribution in [-0.2, 0) is 4.84 Å². The molecule has 0 heterocycles. The predicted molar refractivity (Wildman–Crippen MR) is 36.6 cm³/mol. The molecule has 0 saturated heterocycles. The molecular formula is C5H8N4O. The summed E-state index contributed by atoms with van der Waals surface area (Å²) in [5.74, 6) is -0.379. The van der Waals surface area contributed by atoms with E-state index < -0.39 is 0 Å². The van der Waals surface area contributed by atoms with E-state index in [4.69, 9.17) is 16.4 Å². The highest BCUT2D eigenvalue weighted by molar-refractivity contribution is 6.45. The van der Waals surface area contributed by atoms with Gasteiger partial charge in [0, 0.05) is 0 Å². The molecular weight excluding hydrogens is 132 g/mol.